The van der Waals surface area contributed by atoms with E-state index in [-0.39, 0.29) is 11.3 Å². The molecule has 1 N–H and O–H groups in total. The van der Waals surface area contributed by atoms with Crippen molar-refractivity contribution < 1.29 is 5.11 Å². The van der Waals surface area contributed by atoms with Gasteiger partial charge >= 0.3 is 0 Å². The smallest absolute Gasteiger partial charge is 0.266 e. The molecule has 1 heterocycles. The summed E-state index contributed by atoms with van der Waals surface area (Å²) in [5.41, 5.74) is 3.84. The van der Waals surface area contributed by atoms with Gasteiger partial charge < -0.3 is 5.11 Å². The number of aryl methyl sites for hydroxylation is 2. The molecule has 4 aromatic rings. The van der Waals surface area contributed by atoms with Crippen molar-refractivity contribution in [1.82, 2.24) is 9.55 Å². The van der Waals surface area contributed by atoms with Crippen LogP contribution in [0.3, 0.4) is 0 Å². The van der Waals surface area contributed by atoms with Gasteiger partial charge in [-0.15, -0.1) is 0 Å². The summed E-state index contributed by atoms with van der Waals surface area (Å²) in [4.78, 5) is 18.0. The maximum atomic E-state index is 13.3. The Morgan fingerprint density at radius 1 is 0.923 bits per heavy atom. The highest BCUT2D eigenvalue weighted by Gasteiger charge is 2.17. The van der Waals surface area contributed by atoms with Crippen molar-refractivity contribution in [2.75, 3.05) is 0 Å². The fraction of sp³-hybridized carbons (Fsp3) is 0.0909. The van der Waals surface area contributed by atoms with Crippen LogP contribution in [0.5, 0.6) is 5.75 Å². The van der Waals surface area contributed by atoms with Crippen molar-refractivity contribution in [3.8, 4) is 22.8 Å². The largest absolute Gasteiger partial charge is 0.507 e. The topological polar surface area (TPSA) is 55.1 Å². The highest BCUT2D eigenvalue weighted by atomic mass is 16.3. The van der Waals surface area contributed by atoms with Crippen LogP contribution in [0.2, 0.25) is 0 Å². The second-order valence-electron chi connectivity index (χ2n) is 6.40. The van der Waals surface area contributed by atoms with E-state index in [4.69, 9.17) is 4.98 Å². The zero-order valence-corrected chi connectivity index (χ0v) is 14.6. The summed E-state index contributed by atoms with van der Waals surface area (Å²) in [6.45, 7) is 3.99. The van der Waals surface area contributed by atoms with Gasteiger partial charge in [-0.25, -0.2) is 4.98 Å². The zero-order chi connectivity index (χ0) is 18.3. The van der Waals surface area contributed by atoms with Gasteiger partial charge in [0.25, 0.3) is 5.56 Å². The van der Waals surface area contributed by atoms with Gasteiger partial charge in [0.05, 0.1) is 22.2 Å². The van der Waals surface area contributed by atoms with Gasteiger partial charge in [-0.3, -0.25) is 9.36 Å². The van der Waals surface area contributed by atoms with E-state index in [1.54, 1.807) is 28.8 Å². The van der Waals surface area contributed by atoms with Gasteiger partial charge in [-0.2, -0.15) is 0 Å². The molecular formula is C22H18N2O2. The first-order chi connectivity index (χ1) is 12.6. The van der Waals surface area contributed by atoms with Crippen molar-refractivity contribution >= 4 is 10.9 Å². The minimum Gasteiger partial charge on any atom is -0.507 e. The molecule has 26 heavy (non-hydrogen) atoms. The summed E-state index contributed by atoms with van der Waals surface area (Å²) < 4.78 is 1.59. The van der Waals surface area contributed by atoms with E-state index in [9.17, 15) is 9.90 Å². The maximum Gasteiger partial charge on any atom is 0.266 e. The molecule has 0 bridgehead atoms. The van der Waals surface area contributed by atoms with Gasteiger partial charge in [0.2, 0.25) is 0 Å². The number of phenols is 1. The predicted octanol–water partition coefficient (Wildman–Crippen LogP) is 4.38. The molecule has 4 nitrogen and oxygen atoms in total. The summed E-state index contributed by atoms with van der Waals surface area (Å²) in [7, 11) is 0. The summed E-state index contributed by atoms with van der Waals surface area (Å²) in [6, 6.07) is 20.1. The summed E-state index contributed by atoms with van der Waals surface area (Å²) in [5.74, 6) is 0.520. The van der Waals surface area contributed by atoms with E-state index in [1.165, 1.54) is 0 Å². The van der Waals surface area contributed by atoms with Crippen molar-refractivity contribution in [2.45, 2.75) is 13.8 Å². The molecule has 4 rings (SSSR count). The molecule has 0 spiro atoms. The van der Waals surface area contributed by atoms with Crippen molar-refractivity contribution in [3.05, 3.63) is 88.2 Å². The Morgan fingerprint density at radius 2 is 1.65 bits per heavy atom. The first-order valence-corrected chi connectivity index (χ1v) is 8.44. The molecule has 128 valence electrons. The number of fused-ring (bicyclic) bond motifs is 1. The third kappa shape index (κ3) is 2.56. The number of nitrogens with zero attached hydrogens (tertiary/aromatic N) is 2. The third-order valence-electron chi connectivity index (χ3n) is 4.51. The van der Waals surface area contributed by atoms with E-state index in [1.807, 2.05) is 56.3 Å². The highest BCUT2D eigenvalue weighted by Crippen LogP contribution is 2.30. The number of aromatic nitrogens is 2. The third-order valence-corrected chi connectivity index (χ3v) is 4.51. The first kappa shape index (κ1) is 16.1. The molecule has 0 unspecified atom stereocenters. The fourth-order valence-electron chi connectivity index (χ4n) is 3.26. The van der Waals surface area contributed by atoms with E-state index in [0.717, 1.165) is 16.8 Å². The first-order valence-electron chi connectivity index (χ1n) is 8.44. The lowest BCUT2D eigenvalue weighted by Gasteiger charge is -2.16. The van der Waals surface area contributed by atoms with Crippen molar-refractivity contribution in [1.29, 1.82) is 0 Å². The van der Waals surface area contributed by atoms with Gasteiger partial charge in [0.1, 0.15) is 5.75 Å². The second-order valence-corrected chi connectivity index (χ2v) is 6.40. The van der Waals surface area contributed by atoms with E-state index < -0.39 is 0 Å². The molecule has 0 fully saturated rings. The Kier molecular flexibility index (Phi) is 3.81. The summed E-state index contributed by atoms with van der Waals surface area (Å²) in [6.07, 6.45) is 0. The van der Waals surface area contributed by atoms with Gasteiger partial charge in [0, 0.05) is 0 Å². The van der Waals surface area contributed by atoms with Crippen LogP contribution in [0.25, 0.3) is 28.0 Å². The molecule has 0 atom stereocenters. The molecule has 0 aliphatic carbocycles. The van der Waals surface area contributed by atoms with Crippen LogP contribution in [-0.4, -0.2) is 14.7 Å². The van der Waals surface area contributed by atoms with E-state index in [0.29, 0.717) is 22.3 Å². The number of hydrogen-bond acceptors (Lipinski definition) is 3. The lowest BCUT2D eigenvalue weighted by Crippen LogP contribution is -2.22. The Bertz CT molecular complexity index is 1190. The SMILES string of the molecule is Cc1ccc(-n2c(-c3ccccc3O)nc3ccccc3c2=O)c(C)c1. The van der Waals surface area contributed by atoms with Crippen LogP contribution in [0.15, 0.2) is 71.5 Å². The number of aromatic hydroxyl groups is 1. The molecule has 3 aromatic carbocycles. The molecule has 0 saturated heterocycles. The molecule has 4 heteroatoms. The minimum atomic E-state index is -0.152. The average Bonchev–Trinajstić information content (AvgIpc) is 2.63. The average molecular weight is 342 g/mol. The van der Waals surface area contributed by atoms with Crippen LogP contribution in [0.1, 0.15) is 11.1 Å². The molecule has 0 saturated carbocycles. The number of phenolic OH excluding ortho intramolecular Hbond substituents is 1. The molecular weight excluding hydrogens is 324 g/mol. The van der Waals surface area contributed by atoms with Crippen LogP contribution in [0, 0.1) is 13.8 Å². The Morgan fingerprint density at radius 3 is 2.42 bits per heavy atom. The number of para-hydroxylation sites is 2. The predicted molar refractivity (Wildman–Crippen MR) is 104 cm³/mol. The van der Waals surface area contributed by atoms with Crippen molar-refractivity contribution in [2.24, 2.45) is 0 Å². The number of rotatable bonds is 2. The normalized spacial score (nSPS) is 11.0. The Labute approximate surface area is 151 Å². The Hall–Kier alpha value is -3.40. The molecule has 0 radical (unpaired) electrons. The number of hydrogen-bond donors (Lipinski definition) is 1. The molecule has 1 aromatic heterocycles. The second kappa shape index (κ2) is 6.15. The van der Waals surface area contributed by atoms with Crippen molar-refractivity contribution in [3.63, 3.8) is 0 Å². The quantitative estimate of drug-likeness (QED) is 0.588. The minimum absolute atomic E-state index is 0.0909. The zero-order valence-electron chi connectivity index (χ0n) is 14.6. The monoisotopic (exact) mass is 342 g/mol. The van der Waals surface area contributed by atoms with E-state index in [2.05, 4.69) is 0 Å². The fourth-order valence-corrected chi connectivity index (χ4v) is 3.26. The van der Waals surface area contributed by atoms with Gasteiger partial charge in [0.15, 0.2) is 5.82 Å². The Balaban J connectivity index is 2.16. The number of benzene rings is 3. The summed E-state index contributed by atoms with van der Waals surface area (Å²) in [5, 5.41) is 10.9. The highest BCUT2D eigenvalue weighted by molar-refractivity contribution is 5.81. The van der Waals surface area contributed by atoms with Crippen LogP contribution < -0.4 is 5.56 Å². The maximum absolute atomic E-state index is 13.3. The molecule has 0 amide bonds. The molecule has 0 aliphatic heterocycles. The summed E-state index contributed by atoms with van der Waals surface area (Å²) >= 11 is 0. The lowest BCUT2D eigenvalue weighted by atomic mass is 10.1. The van der Waals surface area contributed by atoms with Gasteiger partial charge in [-0.1, -0.05) is 42.0 Å². The van der Waals surface area contributed by atoms with Crippen LogP contribution >= 0.6 is 0 Å². The van der Waals surface area contributed by atoms with Crippen LogP contribution in [0.4, 0.5) is 0 Å². The van der Waals surface area contributed by atoms with E-state index >= 15 is 0 Å². The lowest BCUT2D eigenvalue weighted by molar-refractivity contribution is 0.476. The standard InChI is InChI=1S/C22H18N2O2/c1-14-11-12-19(15(2)13-14)24-21(17-8-4-6-10-20(17)25)23-18-9-5-3-7-16(18)22(24)26/h3-13,25H,1-2H3. The van der Waals surface area contributed by atoms with Gasteiger partial charge in [-0.05, 0) is 49.7 Å². The molecule has 0 aliphatic rings. The van der Waals surface area contributed by atoms with Crippen LogP contribution in [-0.2, 0) is 0 Å².